The topological polar surface area (TPSA) is 49.7 Å². The highest BCUT2D eigenvalue weighted by Crippen LogP contribution is 2.33. The zero-order chi connectivity index (χ0) is 20.0. The van der Waals surface area contributed by atoms with Crippen molar-refractivity contribution in [2.45, 2.75) is 33.1 Å². The molecule has 27 heavy (non-hydrogen) atoms. The van der Waals surface area contributed by atoms with Gasteiger partial charge in [0.1, 0.15) is 0 Å². The summed E-state index contributed by atoms with van der Waals surface area (Å²) in [5.41, 5.74) is 2.72. The molecule has 5 heteroatoms. The van der Waals surface area contributed by atoms with Crippen molar-refractivity contribution in [3.63, 3.8) is 0 Å². The number of benzene rings is 2. The van der Waals surface area contributed by atoms with Crippen LogP contribution in [0.25, 0.3) is 5.57 Å². The van der Waals surface area contributed by atoms with Gasteiger partial charge in [-0.1, -0.05) is 49.4 Å². The van der Waals surface area contributed by atoms with Crippen LogP contribution in [0.4, 0.5) is 8.78 Å². The predicted molar refractivity (Wildman–Crippen MR) is 105 cm³/mol. The van der Waals surface area contributed by atoms with Crippen LogP contribution in [0, 0.1) is 0 Å². The summed E-state index contributed by atoms with van der Waals surface area (Å²) in [5.74, 6) is -3.95. The Hall–Kier alpha value is -2.82. The van der Waals surface area contributed by atoms with Crippen molar-refractivity contribution in [2.75, 3.05) is 6.54 Å². The maximum atomic E-state index is 14.0. The van der Waals surface area contributed by atoms with Crippen LogP contribution >= 0.6 is 0 Å². The molecular weight excluding hydrogens is 348 g/mol. The van der Waals surface area contributed by atoms with E-state index in [9.17, 15) is 13.6 Å². The minimum absolute atomic E-state index is 0.0228. The standard InChI is InChI=1S/C22H23F2NO2/c1-4-8-18(19-11-5-6-12-20(19)22(3,23)24)14-25-15(2)16-9-7-10-17(13-16)21(26)27/h5-13H,4,14H2,1-3H3,(H,26,27)/b18-8+,25-15+. The molecular formula is C22H23F2NO2. The van der Waals surface area contributed by atoms with E-state index in [4.69, 9.17) is 5.11 Å². The van der Waals surface area contributed by atoms with Gasteiger partial charge in [0.25, 0.3) is 5.92 Å². The molecule has 0 heterocycles. The Labute approximate surface area is 158 Å². The van der Waals surface area contributed by atoms with Crippen LogP contribution in [-0.4, -0.2) is 23.3 Å². The van der Waals surface area contributed by atoms with Gasteiger partial charge in [-0.05, 0) is 42.2 Å². The van der Waals surface area contributed by atoms with Crippen LogP contribution in [0.2, 0.25) is 0 Å². The molecule has 0 saturated heterocycles. The summed E-state index contributed by atoms with van der Waals surface area (Å²) >= 11 is 0. The molecule has 0 saturated carbocycles. The number of hydrogen-bond donors (Lipinski definition) is 1. The van der Waals surface area contributed by atoms with Gasteiger partial charge >= 0.3 is 5.97 Å². The summed E-state index contributed by atoms with van der Waals surface area (Å²) in [7, 11) is 0. The molecule has 0 radical (unpaired) electrons. The maximum Gasteiger partial charge on any atom is 0.335 e. The molecule has 2 aromatic rings. The van der Waals surface area contributed by atoms with Crippen LogP contribution < -0.4 is 0 Å². The zero-order valence-electron chi connectivity index (χ0n) is 15.7. The average Bonchev–Trinajstić information content (AvgIpc) is 2.64. The lowest BCUT2D eigenvalue weighted by Gasteiger charge is -2.17. The molecule has 2 rings (SSSR count). The van der Waals surface area contributed by atoms with E-state index in [1.54, 1.807) is 43.3 Å². The zero-order valence-corrected chi connectivity index (χ0v) is 15.7. The second-order valence-corrected chi connectivity index (χ2v) is 6.36. The summed E-state index contributed by atoms with van der Waals surface area (Å²) < 4.78 is 28.0. The monoisotopic (exact) mass is 371 g/mol. The highest BCUT2D eigenvalue weighted by molar-refractivity contribution is 6.01. The first-order valence-corrected chi connectivity index (χ1v) is 8.75. The molecule has 0 atom stereocenters. The predicted octanol–water partition coefficient (Wildman–Crippen LogP) is 5.80. The van der Waals surface area contributed by atoms with Crippen molar-refractivity contribution >= 4 is 17.3 Å². The lowest BCUT2D eigenvalue weighted by atomic mass is 9.95. The largest absolute Gasteiger partial charge is 0.478 e. The molecule has 0 bridgehead atoms. The number of hydrogen-bond acceptors (Lipinski definition) is 2. The van der Waals surface area contributed by atoms with Crippen molar-refractivity contribution in [2.24, 2.45) is 4.99 Å². The molecule has 0 fully saturated rings. The average molecular weight is 371 g/mol. The van der Waals surface area contributed by atoms with Crippen molar-refractivity contribution in [3.8, 4) is 0 Å². The summed E-state index contributed by atoms with van der Waals surface area (Å²) in [6.45, 7) is 4.86. The quantitative estimate of drug-likeness (QED) is 0.625. The number of halogens is 2. The first-order chi connectivity index (χ1) is 12.7. The van der Waals surface area contributed by atoms with Crippen molar-refractivity contribution in [1.82, 2.24) is 0 Å². The number of carboxylic acid groups (broad SMARTS) is 1. The van der Waals surface area contributed by atoms with Gasteiger partial charge in [0.15, 0.2) is 0 Å². The third-order valence-electron chi connectivity index (χ3n) is 4.21. The van der Waals surface area contributed by atoms with Gasteiger partial charge in [-0.3, -0.25) is 4.99 Å². The van der Waals surface area contributed by atoms with Crippen molar-refractivity contribution in [1.29, 1.82) is 0 Å². The lowest BCUT2D eigenvalue weighted by molar-refractivity contribution is 0.0172. The number of allylic oxidation sites excluding steroid dienone is 1. The van der Waals surface area contributed by atoms with Crippen LogP contribution in [0.1, 0.15) is 54.2 Å². The molecule has 0 spiro atoms. The first-order valence-electron chi connectivity index (χ1n) is 8.75. The van der Waals surface area contributed by atoms with Gasteiger partial charge in [-0.25, -0.2) is 13.6 Å². The molecule has 0 aliphatic rings. The number of carbonyl (C=O) groups is 1. The summed E-state index contributed by atoms with van der Waals surface area (Å²) in [5, 5.41) is 9.11. The lowest BCUT2D eigenvalue weighted by Crippen LogP contribution is -2.11. The second kappa shape index (κ2) is 8.71. The van der Waals surface area contributed by atoms with E-state index < -0.39 is 11.9 Å². The smallest absolute Gasteiger partial charge is 0.335 e. The fraction of sp³-hybridized carbons (Fsp3) is 0.273. The highest BCUT2D eigenvalue weighted by Gasteiger charge is 2.28. The highest BCUT2D eigenvalue weighted by atomic mass is 19.3. The van der Waals surface area contributed by atoms with E-state index in [1.165, 1.54) is 12.1 Å². The van der Waals surface area contributed by atoms with Crippen LogP contribution in [0.3, 0.4) is 0 Å². The summed E-state index contributed by atoms with van der Waals surface area (Å²) in [4.78, 5) is 15.6. The summed E-state index contributed by atoms with van der Waals surface area (Å²) in [6, 6.07) is 13.0. The number of aliphatic imine (C=N–C) groups is 1. The molecule has 0 aliphatic carbocycles. The number of nitrogens with zero attached hydrogens (tertiary/aromatic N) is 1. The molecule has 1 N–H and O–H groups in total. The SMILES string of the molecule is CC/C=C(\C/N=C(\C)c1cccc(C(=O)O)c1)c1ccccc1C(C)(F)F. The van der Waals surface area contributed by atoms with Gasteiger partial charge in [0.2, 0.25) is 0 Å². The number of aromatic carboxylic acids is 1. The van der Waals surface area contributed by atoms with E-state index in [-0.39, 0.29) is 17.7 Å². The Bertz CT molecular complexity index is 880. The van der Waals surface area contributed by atoms with E-state index in [0.717, 1.165) is 12.5 Å². The molecule has 142 valence electrons. The first kappa shape index (κ1) is 20.5. The van der Waals surface area contributed by atoms with E-state index in [2.05, 4.69) is 4.99 Å². The van der Waals surface area contributed by atoms with Crippen molar-refractivity contribution in [3.05, 3.63) is 76.9 Å². The normalized spacial score (nSPS) is 12.9. The number of rotatable bonds is 7. The maximum absolute atomic E-state index is 14.0. The Morgan fingerprint density at radius 1 is 1.15 bits per heavy atom. The van der Waals surface area contributed by atoms with Crippen LogP contribution in [0.5, 0.6) is 0 Å². The summed E-state index contributed by atoms with van der Waals surface area (Å²) in [6.07, 6.45) is 2.59. The fourth-order valence-corrected chi connectivity index (χ4v) is 2.82. The molecule has 3 nitrogen and oxygen atoms in total. The minimum Gasteiger partial charge on any atom is -0.478 e. The van der Waals surface area contributed by atoms with Crippen molar-refractivity contribution < 1.29 is 18.7 Å². The molecule has 2 aromatic carbocycles. The Morgan fingerprint density at radius 2 is 1.81 bits per heavy atom. The molecule has 0 aromatic heterocycles. The van der Waals surface area contributed by atoms with Gasteiger partial charge in [-0.15, -0.1) is 0 Å². The third kappa shape index (κ3) is 5.33. The van der Waals surface area contributed by atoms with Crippen LogP contribution in [-0.2, 0) is 5.92 Å². The van der Waals surface area contributed by atoms with E-state index in [0.29, 0.717) is 23.3 Å². The Morgan fingerprint density at radius 3 is 2.44 bits per heavy atom. The molecule has 0 amide bonds. The van der Waals surface area contributed by atoms with E-state index >= 15 is 0 Å². The number of alkyl halides is 2. The Kier molecular flexibility index (Phi) is 6.61. The second-order valence-electron chi connectivity index (χ2n) is 6.36. The molecule has 0 unspecified atom stereocenters. The van der Waals surface area contributed by atoms with Gasteiger partial charge in [0.05, 0.1) is 12.1 Å². The minimum atomic E-state index is -2.95. The van der Waals surface area contributed by atoms with Gasteiger partial charge in [0, 0.05) is 18.2 Å². The van der Waals surface area contributed by atoms with E-state index in [1.807, 2.05) is 13.0 Å². The Balaban J connectivity index is 2.36. The van der Waals surface area contributed by atoms with Gasteiger partial charge in [-0.2, -0.15) is 0 Å². The van der Waals surface area contributed by atoms with Gasteiger partial charge < -0.3 is 5.11 Å². The third-order valence-corrected chi connectivity index (χ3v) is 4.21. The van der Waals surface area contributed by atoms with Crippen LogP contribution in [0.15, 0.2) is 59.6 Å². The number of carboxylic acids is 1. The molecule has 0 aliphatic heterocycles. The fourth-order valence-electron chi connectivity index (χ4n) is 2.82.